The fourth-order valence-electron chi connectivity index (χ4n) is 5.16. The molecule has 2 saturated heterocycles. The third kappa shape index (κ3) is 3.88. The monoisotopic (exact) mass is 410 g/mol. The van der Waals surface area contributed by atoms with E-state index in [1.807, 2.05) is 12.1 Å². The first-order valence-corrected chi connectivity index (χ1v) is 11.3. The van der Waals surface area contributed by atoms with Crippen LogP contribution in [-0.2, 0) is 22.7 Å². The van der Waals surface area contributed by atoms with Gasteiger partial charge in [0.15, 0.2) is 0 Å². The van der Waals surface area contributed by atoms with Crippen LogP contribution in [0.1, 0.15) is 60.0 Å². The number of nitrogens with one attached hydrogen (secondary N) is 2. The molecule has 1 aromatic carbocycles. The molecule has 1 unspecified atom stereocenters. The summed E-state index contributed by atoms with van der Waals surface area (Å²) in [7, 11) is 0. The molecule has 0 aromatic heterocycles. The van der Waals surface area contributed by atoms with Gasteiger partial charge < -0.3 is 10.2 Å². The summed E-state index contributed by atoms with van der Waals surface area (Å²) < 4.78 is 0. The first-order chi connectivity index (χ1) is 14.6. The lowest BCUT2D eigenvalue weighted by Crippen LogP contribution is -2.52. The van der Waals surface area contributed by atoms with E-state index >= 15 is 0 Å². The number of nitrogens with zero attached hydrogens (tertiary/aromatic N) is 2. The molecule has 3 amide bonds. The molecule has 0 spiro atoms. The van der Waals surface area contributed by atoms with Gasteiger partial charge in [0.1, 0.15) is 6.04 Å². The van der Waals surface area contributed by atoms with Crippen LogP contribution in [0.3, 0.4) is 0 Å². The molecule has 1 atom stereocenters. The van der Waals surface area contributed by atoms with Gasteiger partial charge in [0.25, 0.3) is 5.91 Å². The van der Waals surface area contributed by atoms with E-state index in [1.54, 1.807) is 4.90 Å². The van der Waals surface area contributed by atoms with Crippen molar-refractivity contribution in [2.75, 3.05) is 19.6 Å². The highest BCUT2D eigenvalue weighted by molar-refractivity contribution is 6.05. The van der Waals surface area contributed by atoms with Crippen LogP contribution in [0, 0.1) is 5.92 Å². The lowest BCUT2D eigenvalue weighted by Gasteiger charge is -2.35. The van der Waals surface area contributed by atoms with Gasteiger partial charge in [-0.25, -0.2) is 0 Å². The summed E-state index contributed by atoms with van der Waals surface area (Å²) in [5, 5.41) is 5.85. The summed E-state index contributed by atoms with van der Waals surface area (Å²) in [6, 6.07) is 6.02. The highest BCUT2D eigenvalue weighted by Crippen LogP contribution is 2.34. The molecule has 3 aliphatic heterocycles. The minimum absolute atomic E-state index is 0.0861. The maximum absolute atomic E-state index is 13.1. The molecule has 2 N–H and O–H groups in total. The third-order valence-corrected chi connectivity index (χ3v) is 7.07. The maximum atomic E-state index is 13.1. The summed E-state index contributed by atoms with van der Waals surface area (Å²) in [6.07, 6.45) is 5.69. The van der Waals surface area contributed by atoms with Gasteiger partial charge in [-0.15, -0.1) is 0 Å². The van der Waals surface area contributed by atoms with E-state index in [-0.39, 0.29) is 24.1 Å². The second kappa shape index (κ2) is 8.12. The van der Waals surface area contributed by atoms with E-state index in [0.717, 1.165) is 37.7 Å². The van der Waals surface area contributed by atoms with Crippen LogP contribution in [0.25, 0.3) is 0 Å². The van der Waals surface area contributed by atoms with Gasteiger partial charge in [0, 0.05) is 37.7 Å². The summed E-state index contributed by atoms with van der Waals surface area (Å²) in [6.45, 7) is 4.60. The van der Waals surface area contributed by atoms with Gasteiger partial charge in [-0.05, 0) is 68.3 Å². The molecule has 30 heavy (non-hydrogen) atoms. The lowest BCUT2D eigenvalue weighted by molar-refractivity contribution is -0.136. The fraction of sp³-hybridized carbons (Fsp3) is 0.609. The zero-order valence-electron chi connectivity index (χ0n) is 17.4. The standard InChI is InChI=1S/C23H30N4O3/c28-21-7-6-20(22(29)25-21)27-14-19-16(2-1-3-18(19)23(27)30)13-26(12-15-4-5-15)17-8-10-24-11-9-17/h1-3,15,17,20,24H,4-14H2,(H,25,28,29). The van der Waals surface area contributed by atoms with Crippen molar-refractivity contribution < 1.29 is 14.4 Å². The van der Waals surface area contributed by atoms with Crippen molar-refractivity contribution >= 4 is 17.7 Å². The molecule has 1 aromatic rings. The highest BCUT2D eigenvalue weighted by atomic mass is 16.2. The Balaban J connectivity index is 1.36. The number of carbonyl (C=O) groups excluding carboxylic acids is 3. The highest BCUT2D eigenvalue weighted by Gasteiger charge is 2.40. The minimum Gasteiger partial charge on any atom is -0.322 e. The number of carbonyl (C=O) groups is 3. The van der Waals surface area contributed by atoms with Crippen LogP contribution in [0.15, 0.2) is 18.2 Å². The molecule has 0 bridgehead atoms. The largest absolute Gasteiger partial charge is 0.322 e. The van der Waals surface area contributed by atoms with E-state index in [1.165, 1.54) is 31.2 Å². The Labute approximate surface area is 177 Å². The molecule has 160 valence electrons. The van der Waals surface area contributed by atoms with Crippen molar-refractivity contribution in [1.29, 1.82) is 0 Å². The zero-order valence-corrected chi connectivity index (χ0v) is 17.4. The van der Waals surface area contributed by atoms with Gasteiger partial charge in [-0.3, -0.25) is 24.6 Å². The van der Waals surface area contributed by atoms with Crippen LogP contribution in [0.5, 0.6) is 0 Å². The molecule has 7 nitrogen and oxygen atoms in total. The average molecular weight is 411 g/mol. The summed E-state index contributed by atoms with van der Waals surface area (Å²) in [5.41, 5.74) is 2.98. The molecule has 7 heteroatoms. The normalized spacial score (nSPS) is 25.0. The molecular weight excluding hydrogens is 380 g/mol. The van der Waals surface area contributed by atoms with Crippen LogP contribution in [0.4, 0.5) is 0 Å². The zero-order chi connectivity index (χ0) is 20.7. The quantitative estimate of drug-likeness (QED) is 0.693. The van der Waals surface area contributed by atoms with E-state index < -0.39 is 6.04 Å². The van der Waals surface area contributed by atoms with E-state index in [2.05, 4.69) is 21.6 Å². The molecule has 3 fully saturated rings. The fourth-order valence-corrected chi connectivity index (χ4v) is 5.16. The number of amides is 3. The first kappa shape index (κ1) is 19.7. The molecule has 1 saturated carbocycles. The van der Waals surface area contributed by atoms with Crippen molar-refractivity contribution in [2.45, 2.75) is 63.7 Å². The maximum Gasteiger partial charge on any atom is 0.255 e. The molecule has 0 radical (unpaired) electrons. The Morgan fingerprint density at radius 3 is 2.57 bits per heavy atom. The summed E-state index contributed by atoms with van der Waals surface area (Å²) >= 11 is 0. The number of piperidine rings is 2. The Bertz CT molecular complexity index is 860. The van der Waals surface area contributed by atoms with Crippen LogP contribution < -0.4 is 10.6 Å². The van der Waals surface area contributed by atoms with Crippen molar-refractivity contribution in [3.8, 4) is 0 Å². The number of benzene rings is 1. The predicted molar refractivity (Wildman–Crippen MR) is 112 cm³/mol. The summed E-state index contributed by atoms with van der Waals surface area (Å²) in [4.78, 5) is 41.2. The number of fused-ring (bicyclic) bond motifs is 1. The van der Waals surface area contributed by atoms with Crippen molar-refractivity contribution in [2.24, 2.45) is 5.92 Å². The van der Waals surface area contributed by atoms with Gasteiger partial charge >= 0.3 is 0 Å². The molecular formula is C23H30N4O3. The molecule has 1 aliphatic carbocycles. The third-order valence-electron chi connectivity index (χ3n) is 7.07. The molecule has 5 rings (SSSR count). The first-order valence-electron chi connectivity index (χ1n) is 11.3. The SMILES string of the molecule is O=C1CCC(N2Cc3c(CN(CC4CC4)C4CCNCC4)cccc3C2=O)C(=O)N1. The van der Waals surface area contributed by atoms with Crippen LogP contribution in [0.2, 0.25) is 0 Å². The molecule has 4 aliphatic rings. The van der Waals surface area contributed by atoms with Crippen LogP contribution >= 0.6 is 0 Å². The summed E-state index contributed by atoms with van der Waals surface area (Å²) in [5.74, 6) is 0.132. The number of hydrogen-bond donors (Lipinski definition) is 2. The van der Waals surface area contributed by atoms with Crippen molar-refractivity contribution in [3.63, 3.8) is 0 Å². The topological polar surface area (TPSA) is 81.8 Å². The van der Waals surface area contributed by atoms with E-state index in [9.17, 15) is 14.4 Å². The van der Waals surface area contributed by atoms with E-state index in [4.69, 9.17) is 0 Å². The number of hydrogen-bond acceptors (Lipinski definition) is 5. The Kier molecular flexibility index (Phi) is 5.33. The van der Waals surface area contributed by atoms with E-state index in [0.29, 0.717) is 24.6 Å². The van der Waals surface area contributed by atoms with Gasteiger partial charge in [-0.1, -0.05) is 12.1 Å². The average Bonchev–Trinajstić information content (AvgIpc) is 3.51. The minimum atomic E-state index is -0.553. The lowest BCUT2D eigenvalue weighted by atomic mass is 9.99. The second-order valence-corrected chi connectivity index (χ2v) is 9.20. The van der Waals surface area contributed by atoms with Crippen molar-refractivity contribution in [3.05, 3.63) is 34.9 Å². The van der Waals surface area contributed by atoms with Gasteiger partial charge in [0.05, 0.1) is 0 Å². The van der Waals surface area contributed by atoms with Crippen LogP contribution in [-0.4, -0.2) is 59.2 Å². The predicted octanol–water partition coefficient (Wildman–Crippen LogP) is 1.41. The Hall–Kier alpha value is -2.25. The molecule has 3 heterocycles. The van der Waals surface area contributed by atoms with Gasteiger partial charge in [0.2, 0.25) is 11.8 Å². The smallest absolute Gasteiger partial charge is 0.255 e. The second-order valence-electron chi connectivity index (χ2n) is 9.20. The number of rotatable bonds is 6. The Morgan fingerprint density at radius 2 is 1.83 bits per heavy atom. The van der Waals surface area contributed by atoms with Crippen molar-refractivity contribution in [1.82, 2.24) is 20.4 Å². The Morgan fingerprint density at radius 1 is 1.03 bits per heavy atom. The van der Waals surface area contributed by atoms with Gasteiger partial charge in [-0.2, -0.15) is 0 Å². The number of imide groups is 1.